The Kier molecular flexibility index (Phi) is 4.61. The number of aromatic carboxylic acids is 1. The van der Waals surface area contributed by atoms with Crippen molar-refractivity contribution in [2.45, 2.75) is 6.61 Å². The third-order valence-electron chi connectivity index (χ3n) is 2.89. The average molecular weight is 289 g/mol. The number of rotatable bonds is 6. The zero-order valence-corrected chi connectivity index (χ0v) is 11.7. The largest absolute Gasteiger partial charge is 0.497 e. The van der Waals surface area contributed by atoms with Gasteiger partial charge >= 0.3 is 5.97 Å². The molecule has 0 aliphatic rings. The van der Waals surface area contributed by atoms with Gasteiger partial charge in [-0.2, -0.15) is 0 Å². The summed E-state index contributed by atoms with van der Waals surface area (Å²) in [7, 11) is 3.12. The van der Waals surface area contributed by atoms with E-state index in [1.54, 1.807) is 32.4 Å². The van der Waals surface area contributed by atoms with Crippen molar-refractivity contribution in [2.24, 2.45) is 0 Å². The number of carboxylic acid groups (broad SMARTS) is 1. The first-order valence-corrected chi connectivity index (χ1v) is 6.16. The van der Waals surface area contributed by atoms with Crippen LogP contribution in [0.3, 0.4) is 0 Å². The van der Waals surface area contributed by atoms with E-state index >= 15 is 0 Å². The Morgan fingerprint density at radius 1 is 1.19 bits per heavy atom. The topological polar surface area (TPSA) is 77.9 Å². The van der Waals surface area contributed by atoms with Gasteiger partial charge in [-0.15, -0.1) is 0 Å². The number of carboxylic acids is 1. The molecule has 21 heavy (non-hydrogen) atoms. The fraction of sp³-hybridized carbons (Fsp3) is 0.200. The molecule has 6 heteroatoms. The molecule has 0 bridgehead atoms. The molecule has 1 aromatic carbocycles. The molecule has 0 atom stereocenters. The first-order chi connectivity index (χ1) is 10.2. The van der Waals surface area contributed by atoms with Crippen molar-refractivity contribution in [3.05, 3.63) is 47.8 Å². The van der Waals surface area contributed by atoms with Crippen LogP contribution in [0.1, 0.15) is 15.9 Å². The summed E-state index contributed by atoms with van der Waals surface area (Å²) in [5.74, 6) is 0.440. The van der Waals surface area contributed by atoms with Crippen molar-refractivity contribution < 1.29 is 24.1 Å². The molecule has 0 fully saturated rings. The van der Waals surface area contributed by atoms with Gasteiger partial charge in [-0.1, -0.05) is 0 Å². The van der Waals surface area contributed by atoms with Crippen molar-refractivity contribution in [3.63, 3.8) is 0 Å². The second-order valence-electron chi connectivity index (χ2n) is 4.14. The normalized spacial score (nSPS) is 10.0. The summed E-state index contributed by atoms with van der Waals surface area (Å²) in [6, 6.07) is 6.70. The van der Waals surface area contributed by atoms with Crippen LogP contribution in [-0.2, 0) is 6.61 Å². The maximum Gasteiger partial charge on any atom is 0.339 e. The van der Waals surface area contributed by atoms with E-state index in [-0.39, 0.29) is 17.9 Å². The third kappa shape index (κ3) is 3.42. The molecule has 0 aliphatic heterocycles. The Bertz CT molecular complexity index is 642. The number of pyridine rings is 1. The van der Waals surface area contributed by atoms with Crippen LogP contribution >= 0.6 is 0 Å². The van der Waals surface area contributed by atoms with Gasteiger partial charge in [-0.05, 0) is 24.3 Å². The molecule has 1 heterocycles. The lowest BCUT2D eigenvalue weighted by molar-refractivity contribution is 0.0691. The van der Waals surface area contributed by atoms with Gasteiger partial charge in [0.05, 0.1) is 20.4 Å². The van der Waals surface area contributed by atoms with Crippen LogP contribution in [0.5, 0.6) is 17.2 Å². The van der Waals surface area contributed by atoms with Crippen molar-refractivity contribution >= 4 is 5.97 Å². The Morgan fingerprint density at radius 3 is 2.67 bits per heavy atom. The van der Waals surface area contributed by atoms with E-state index in [9.17, 15) is 4.79 Å². The molecular formula is C15H15NO5. The van der Waals surface area contributed by atoms with Gasteiger partial charge in [-0.25, -0.2) is 4.79 Å². The predicted molar refractivity (Wildman–Crippen MR) is 75.1 cm³/mol. The SMILES string of the molecule is COc1ccc(OC)c(COc2cnccc2C(=O)O)c1. The highest BCUT2D eigenvalue weighted by Crippen LogP contribution is 2.26. The summed E-state index contributed by atoms with van der Waals surface area (Å²) in [6.45, 7) is 0.145. The summed E-state index contributed by atoms with van der Waals surface area (Å²) < 4.78 is 15.9. The highest BCUT2D eigenvalue weighted by molar-refractivity contribution is 5.90. The van der Waals surface area contributed by atoms with E-state index in [1.807, 2.05) is 0 Å². The minimum Gasteiger partial charge on any atom is -0.497 e. The number of ether oxygens (including phenoxy) is 3. The summed E-state index contributed by atoms with van der Waals surface area (Å²) in [5.41, 5.74) is 0.809. The van der Waals surface area contributed by atoms with Gasteiger partial charge in [-0.3, -0.25) is 4.98 Å². The van der Waals surface area contributed by atoms with Crippen molar-refractivity contribution in [2.75, 3.05) is 14.2 Å². The summed E-state index contributed by atoms with van der Waals surface area (Å²) in [6.07, 6.45) is 2.78. The lowest BCUT2D eigenvalue weighted by Gasteiger charge is -2.12. The highest BCUT2D eigenvalue weighted by Gasteiger charge is 2.12. The molecule has 2 rings (SSSR count). The fourth-order valence-electron chi connectivity index (χ4n) is 1.82. The Hall–Kier alpha value is -2.76. The Morgan fingerprint density at radius 2 is 2.00 bits per heavy atom. The second-order valence-corrected chi connectivity index (χ2v) is 4.14. The molecule has 2 aromatic rings. The summed E-state index contributed by atoms with van der Waals surface area (Å²) in [4.78, 5) is 15.0. The van der Waals surface area contributed by atoms with Crippen LogP contribution in [0.25, 0.3) is 0 Å². The van der Waals surface area contributed by atoms with Crippen LogP contribution in [0.2, 0.25) is 0 Å². The van der Waals surface area contributed by atoms with Crippen LogP contribution < -0.4 is 14.2 Å². The monoisotopic (exact) mass is 289 g/mol. The highest BCUT2D eigenvalue weighted by atomic mass is 16.5. The molecule has 0 saturated heterocycles. The first-order valence-electron chi connectivity index (χ1n) is 6.16. The van der Waals surface area contributed by atoms with E-state index in [1.165, 1.54) is 18.5 Å². The van der Waals surface area contributed by atoms with E-state index in [0.717, 1.165) is 5.56 Å². The van der Waals surface area contributed by atoms with Crippen molar-refractivity contribution in [1.29, 1.82) is 0 Å². The fourth-order valence-corrected chi connectivity index (χ4v) is 1.82. The van der Waals surface area contributed by atoms with Crippen LogP contribution in [0.4, 0.5) is 0 Å². The number of benzene rings is 1. The third-order valence-corrected chi connectivity index (χ3v) is 2.89. The van der Waals surface area contributed by atoms with Gasteiger partial charge in [0.15, 0.2) is 5.75 Å². The zero-order valence-electron chi connectivity index (χ0n) is 11.7. The lowest BCUT2D eigenvalue weighted by atomic mass is 10.2. The van der Waals surface area contributed by atoms with Gasteiger partial charge < -0.3 is 19.3 Å². The number of aromatic nitrogens is 1. The smallest absolute Gasteiger partial charge is 0.339 e. The molecular weight excluding hydrogens is 274 g/mol. The molecule has 1 aromatic heterocycles. The Labute approximate surface area is 121 Å². The Balaban J connectivity index is 2.22. The molecule has 1 N–H and O–H groups in total. The molecule has 0 spiro atoms. The quantitative estimate of drug-likeness (QED) is 0.879. The number of hydrogen-bond acceptors (Lipinski definition) is 5. The predicted octanol–water partition coefficient (Wildman–Crippen LogP) is 2.38. The van der Waals surface area contributed by atoms with Crippen molar-refractivity contribution in [1.82, 2.24) is 4.98 Å². The van der Waals surface area contributed by atoms with E-state index in [2.05, 4.69) is 4.98 Å². The molecule has 110 valence electrons. The maximum absolute atomic E-state index is 11.1. The van der Waals surface area contributed by atoms with Gasteiger partial charge in [0.2, 0.25) is 0 Å². The van der Waals surface area contributed by atoms with Gasteiger partial charge in [0.1, 0.15) is 23.7 Å². The van der Waals surface area contributed by atoms with Gasteiger partial charge in [0, 0.05) is 11.8 Å². The maximum atomic E-state index is 11.1. The van der Waals surface area contributed by atoms with Crippen LogP contribution in [0.15, 0.2) is 36.7 Å². The summed E-state index contributed by atoms with van der Waals surface area (Å²) >= 11 is 0. The van der Waals surface area contributed by atoms with E-state index in [0.29, 0.717) is 11.5 Å². The lowest BCUT2D eigenvalue weighted by Crippen LogP contribution is -2.05. The number of nitrogens with zero attached hydrogens (tertiary/aromatic N) is 1. The summed E-state index contributed by atoms with van der Waals surface area (Å²) in [5, 5.41) is 9.09. The van der Waals surface area contributed by atoms with Crippen LogP contribution in [-0.4, -0.2) is 30.3 Å². The molecule has 0 radical (unpaired) electrons. The molecule has 0 aliphatic carbocycles. The minimum absolute atomic E-state index is 0.0619. The number of hydrogen-bond donors (Lipinski definition) is 1. The first kappa shape index (κ1) is 14.6. The van der Waals surface area contributed by atoms with Crippen molar-refractivity contribution in [3.8, 4) is 17.2 Å². The molecule has 0 amide bonds. The second kappa shape index (κ2) is 6.60. The zero-order chi connectivity index (χ0) is 15.2. The number of carbonyl (C=O) groups is 1. The minimum atomic E-state index is -1.06. The average Bonchev–Trinajstić information content (AvgIpc) is 2.52. The molecule has 0 saturated carbocycles. The number of methoxy groups -OCH3 is 2. The molecule has 0 unspecified atom stereocenters. The standard InChI is InChI=1S/C15H15NO5/c1-19-11-3-4-13(20-2)10(7-11)9-21-14-8-16-6-5-12(14)15(17)18/h3-8H,9H2,1-2H3,(H,17,18). The van der Waals surface area contributed by atoms with E-state index < -0.39 is 5.97 Å². The molecule has 6 nitrogen and oxygen atoms in total. The van der Waals surface area contributed by atoms with Gasteiger partial charge in [0.25, 0.3) is 0 Å². The van der Waals surface area contributed by atoms with Crippen LogP contribution in [0, 0.1) is 0 Å². The van der Waals surface area contributed by atoms with E-state index in [4.69, 9.17) is 19.3 Å².